The van der Waals surface area contributed by atoms with Crippen molar-refractivity contribution in [2.24, 2.45) is 0 Å². The van der Waals surface area contributed by atoms with E-state index in [0.29, 0.717) is 11.8 Å². The zero-order valence-electron chi connectivity index (χ0n) is 5.90. The second-order valence-electron chi connectivity index (χ2n) is 1.86. The van der Waals surface area contributed by atoms with Gasteiger partial charge >= 0.3 is 5.97 Å². The Morgan fingerprint density at radius 2 is 1.91 bits per heavy atom. The second-order valence-corrected chi connectivity index (χ2v) is 1.86. The predicted octanol–water partition coefficient (Wildman–Crippen LogP) is -0.540. The molecule has 0 aliphatic rings. The molecule has 60 valence electrons. The largest absolute Gasteiger partial charge is 0.878 e. The molecule has 1 N–H and O–H groups in total. The van der Waals surface area contributed by atoms with E-state index in [4.69, 9.17) is 5.11 Å². The molecule has 4 nitrogen and oxygen atoms in total. The summed E-state index contributed by atoms with van der Waals surface area (Å²) in [5.74, 6) is -2.56. The molecule has 0 saturated carbocycles. The van der Waals surface area contributed by atoms with Gasteiger partial charge in [-0.05, 0) is 13.0 Å². The molecular weight excluding hydrogens is 148 g/mol. The van der Waals surface area contributed by atoms with Gasteiger partial charge in [0.1, 0.15) is 0 Å². The molecule has 0 heterocycles. The summed E-state index contributed by atoms with van der Waals surface area (Å²) in [6.07, 6.45) is 2.53. The topological polar surface area (TPSA) is 77.4 Å². The van der Waals surface area contributed by atoms with E-state index in [1.165, 1.54) is 6.92 Å². The van der Waals surface area contributed by atoms with Crippen molar-refractivity contribution in [1.82, 2.24) is 0 Å². The molecule has 0 aromatic rings. The SMILES string of the molecule is CC(/C=C\C(=O)C(=O)O)=C/[O-]. The standard InChI is InChI=1S/C7H8O4/c1-5(4-8)2-3-6(9)7(10)11/h2-4,8H,1H3,(H,10,11)/p-1/b3-2-,5-4-. The third-order valence-corrected chi connectivity index (χ3v) is 0.894. The van der Waals surface area contributed by atoms with E-state index in [1.807, 2.05) is 0 Å². The molecule has 0 aliphatic heterocycles. The highest BCUT2D eigenvalue weighted by Crippen LogP contribution is 1.90. The second kappa shape index (κ2) is 4.27. The first-order valence-corrected chi connectivity index (χ1v) is 2.82. The number of hydrogen-bond donors (Lipinski definition) is 1. The number of ketones is 1. The number of allylic oxidation sites excluding steroid dienone is 2. The highest BCUT2D eigenvalue weighted by molar-refractivity contribution is 6.37. The lowest BCUT2D eigenvalue weighted by molar-refractivity contribution is -0.275. The van der Waals surface area contributed by atoms with Crippen LogP contribution in [0.2, 0.25) is 0 Å². The van der Waals surface area contributed by atoms with Crippen molar-refractivity contribution >= 4 is 11.8 Å². The van der Waals surface area contributed by atoms with E-state index in [2.05, 4.69) is 0 Å². The Balaban J connectivity index is 4.15. The quantitative estimate of drug-likeness (QED) is 0.257. The maximum atomic E-state index is 10.3. The summed E-state index contributed by atoms with van der Waals surface area (Å²) in [6.45, 7) is 1.47. The van der Waals surface area contributed by atoms with E-state index in [-0.39, 0.29) is 0 Å². The van der Waals surface area contributed by atoms with Crippen LogP contribution in [-0.4, -0.2) is 16.9 Å². The predicted molar refractivity (Wildman–Crippen MR) is 35.5 cm³/mol. The van der Waals surface area contributed by atoms with Gasteiger partial charge in [-0.3, -0.25) is 4.79 Å². The van der Waals surface area contributed by atoms with Gasteiger partial charge in [-0.2, -0.15) is 0 Å². The zero-order valence-corrected chi connectivity index (χ0v) is 5.90. The van der Waals surface area contributed by atoms with E-state index in [1.54, 1.807) is 0 Å². The van der Waals surface area contributed by atoms with Crippen molar-refractivity contribution in [3.8, 4) is 0 Å². The van der Waals surface area contributed by atoms with Gasteiger partial charge in [0.25, 0.3) is 5.78 Å². The molecule has 0 amide bonds. The summed E-state index contributed by atoms with van der Waals surface area (Å²) in [5, 5.41) is 18.0. The summed E-state index contributed by atoms with van der Waals surface area (Å²) in [6, 6.07) is 0. The zero-order chi connectivity index (χ0) is 8.85. The molecule has 0 unspecified atom stereocenters. The molecule has 0 radical (unpaired) electrons. The van der Waals surface area contributed by atoms with Gasteiger partial charge in [0.05, 0.1) is 0 Å². The summed E-state index contributed by atoms with van der Waals surface area (Å²) in [5.41, 5.74) is 0.305. The lowest BCUT2D eigenvalue weighted by Crippen LogP contribution is -2.08. The lowest BCUT2D eigenvalue weighted by Gasteiger charge is -1.92. The van der Waals surface area contributed by atoms with Gasteiger partial charge in [-0.1, -0.05) is 11.6 Å². The first-order chi connectivity index (χ1) is 5.07. The fourth-order valence-electron chi connectivity index (χ4n) is 0.318. The van der Waals surface area contributed by atoms with Gasteiger partial charge in [-0.25, -0.2) is 4.79 Å². The van der Waals surface area contributed by atoms with Gasteiger partial charge in [0.15, 0.2) is 0 Å². The van der Waals surface area contributed by atoms with Crippen LogP contribution in [0, 0.1) is 0 Å². The molecule has 0 fully saturated rings. The molecule has 0 aromatic carbocycles. The molecule has 4 heteroatoms. The summed E-state index contributed by atoms with van der Waals surface area (Å²) in [7, 11) is 0. The van der Waals surface area contributed by atoms with Crippen LogP contribution >= 0.6 is 0 Å². The molecule has 0 aromatic heterocycles. The summed E-state index contributed by atoms with van der Waals surface area (Å²) in [4.78, 5) is 20.2. The summed E-state index contributed by atoms with van der Waals surface area (Å²) >= 11 is 0. The highest BCUT2D eigenvalue weighted by Gasteiger charge is 2.04. The maximum absolute atomic E-state index is 10.3. The van der Waals surface area contributed by atoms with Crippen molar-refractivity contribution in [1.29, 1.82) is 0 Å². The van der Waals surface area contributed by atoms with Gasteiger partial charge in [-0.15, -0.1) is 6.26 Å². The van der Waals surface area contributed by atoms with Gasteiger partial charge in [0.2, 0.25) is 0 Å². The van der Waals surface area contributed by atoms with Gasteiger partial charge < -0.3 is 10.2 Å². The molecular formula is C7H7O4-. The highest BCUT2D eigenvalue weighted by atomic mass is 16.4. The summed E-state index contributed by atoms with van der Waals surface area (Å²) < 4.78 is 0. The molecule has 0 saturated heterocycles. The van der Waals surface area contributed by atoms with Crippen LogP contribution < -0.4 is 5.11 Å². The van der Waals surface area contributed by atoms with E-state index in [9.17, 15) is 14.7 Å². The number of rotatable bonds is 3. The number of carboxylic acids is 1. The molecule has 0 atom stereocenters. The average Bonchev–Trinajstić information content (AvgIpc) is 1.99. The van der Waals surface area contributed by atoms with Crippen LogP contribution in [0.4, 0.5) is 0 Å². The van der Waals surface area contributed by atoms with Gasteiger partial charge in [0, 0.05) is 0 Å². The van der Waals surface area contributed by atoms with E-state index in [0.717, 1.165) is 12.2 Å². The Morgan fingerprint density at radius 3 is 2.27 bits per heavy atom. The fourth-order valence-corrected chi connectivity index (χ4v) is 0.318. The first-order valence-electron chi connectivity index (χ1n) is 2.82. The van der Waals surface area contributed by atoms with Crippen LogP contribution in [0.5, 0.6) is 0 Å². The monoisotopic (exact) mass is 155 g/mol. The number of carbonyl (C=O) groups is 2. The minimum absolute atomic E-state index is 0.305. The number of aliphatic carboxylic acids is 1. The van der Waals surface area contributed by atoms with Crippen LogP contribution in [0.15, 0.2) is 24.0 Å². The van der Waals surface area contributed by atoms with Crippen LogP contribution in [0.25, 0.3) is 0 Å². The molecule has 11 heavy (non-hydrogen) atoms. The first kappa shape index (κ1) is 9.42. The average molecular weight is 155 g/mol. The van der Waals surface area contributed by atoms with Crippen LogP contribution in [0.1, 0.15) is 6.92 Å². The minimum Gasteiger partial charge on any atom is -0.878 e. The molecule has 0 aliphatic carbocycles. The lowest BCUT2D eigenvalue weighted by atomic mass is 10.2. The number of carboxylic acid groups (broad SMARTS) is 1. The normalized spacial score (nSPS) is 11.9. The molecule has 0 rings (SSSR count). The Morgan fingerprint density at radius 1 is 1.36 bits per heavy atom. The third kappa shape index (κ3) is 3.91. The van der Waals surface area contributed by atoms with Crippen molar-refractivity contribution in [3.05, 3.63) is 24.0 Å². The smallest absolute Gasteiger partial charge is 0.376 e. The fraction of sp³-hybridized carbons (Fsp3) is 0.143. The minimum atomic E-state index is -1.53. The van der Waals surface area contributed by atoms with E-state index < -0.39 is 11.8 Å². The molecule has 0 bridgehead atoms. The Kier molecular flexibility index (Phi) is 3.66. The third-order valence-electron chi connectivity index (χ3n) is 0.894. The van der Waals surface area contributed by atoms with Crippen molar-refractivity contribution in [2.45, 2.75) is 6.92 Å². The van der Waals surface area contributed by atoms with Crippen molar-refractivity contribution in [3.63, 3.8) is 0 Å². The van der Waals surface area contributed by atoms with Crippen molar-refractivity contribution in [2.75, 3.05) is 0 Å². The Bertz CT molecular complexity index is 225. The van der Waals surface area contributed by atoms with Crippen LogP contribution in [0.3, 0.4) is 0 Å². The van der Waals surface area contributed by atoms with Crippen LogP contribution in [-0.2, 0) is 9.59 Å². The Hall–Kier alpha value is -1.58. The maximum Gasteiger partial charge on any atom is 0.376 e. The van der Waals surface area contributed by atoms with Crippen molar-refractivity contribution < 1.29 is 19.8 Å². The Labute approximate surface area is 63.5 Å². The molecule has 0 spiro atoms. The van der Waals surface area contributed by atoms with E-state index >= 15 is 0 Å². The number of carbonyl (C=O) groups excluding carboxylic acids is 1. The number of hydrogen-bond acceptors (Lipinski definition) is 3.